The molecule has 2 atom stereocenters. The van der Waals surface area contributed by atoms with Crippen molar-refractivity contribution < 1.29 is 0 Å². The molecule has 2 N–H and O–H groups in total. The third-order valence-electron chi connectivity index (χ3n) is 3.88. The molecule has 2 rings (SSSR count). The van der Waals surface area contributed by atoms with E-state index >= 15 is 0 Å². The molecule has 0 bridgehead atoms. The molecule has 0 radical (unpaired) electrons. The second-order valence-corrected chi connectivity index (χ2v) is 5.88. The van der Waals surface area contributed by atoms with E-state index < -0.39 is 0 Å². The summed E-state index contributed by atoms with van der Waals surface area (Å²) in [6, 6.07) is 5.03. The molecule has 19 heavy (non-hydrogen) atoms. The lowest BCUT2D eigenvalue weighted by Gasteiger charge is -2.36. The van der Waals surface area contributed by atoms with Crippen molar-refractivity contribution in [2.45, 2.75) is 38.3 Å². The van der Waals surface area contributed by atoms with Gasteiger partial charge in [0.1, 0.15) is 5.82 Å². The minimum atomic E-state index is 0.192. The molecular formula is C15H26N4. The number of aromatic nitrogens is 1. The van der Waals surface area contributed by atoms with E-state index in [1.54, 1.807) is 0 Å². The van der Waals surface area contributed by atoms with Crippen molar-refractivity contribution in [3.63, 3.8) is 0 Å². The van der Waals surface area contributed by atoms with Gasteiger partial charge in [-0.15, -0.1) is 0 Å². The van der Waals surface area contributed by atoms with Crippen LogP contribution in [0.4, 0.5) is 5.82 Å². The van der Waals surface area contributed by atoms with E-state index in [0.717, 1.165) is 18.8 Å². The van der Waals surface area contributed by atoms with Gasteiger partial charge in [-0.3, -0.25) is 0 Å². The molecule has 2 unspecified atom stereocenters. The third-order valence-corrected chi connectivity index (χ3v) is 3.88. The third kappa shape index (κ3) is 3.91. The van der Waals surface area contributed by atoms with Crippen molar-refractivity contribution in [2.75, 3.05) is 32.1 Å². The summed E-state index contributed by atoms with van der Waals surface area (Å²) < 4.78 is 0. The fourth-order valence-corrected chi connectivity index (χ4v) is 2.76. The molecule has 106 valence electrons. The van der Waals surface area contributed by atoms with E-state index in [4.69, 9.17) is 5.73 Å². The molecule has 1 aliphatic heterocycles. The van der Waals surface area contributed by atoms with Crippen LogP contribution < -0.4 is 10.6 Å². The Kier molecular flexibility index (Phi) is 4.77. The SMILES string of the molecule is CC(N)Cc1ccc(N(C)C2CCCN(C)C2)nc1. The number of hydrogen-bond acceptors (Lipinski definition) is 4. The van der Waals surface area contributed by atoms with Crippen LogP contribution in [0.25, 0.3) is 0 Å². The summed E-state index contributed by atoms with van der Waals surface area (Å²) in [5.74, 6) is 1.06. The summed E-state index contributed by atoms with van der Waals surface area (Å²) in [4.78, 5) is 9.29. The van der Waals surface area contributed by atoms with Gasteiger partial charge >= 0.3 is 0 Å². The van der Waals surface area contributed by atoms with Crippen LogP contribution in [0.1, 0.15) is 25.3 Å². The van der Waals surface area contributed by atoms with Crippen molar-refractivity contribution in [3.05, 3.63) is 23.9 Å². The van der Waals surface area contributed by atoms with Gasteiger partial charge in [-0.1, -0.05) is 6.07 Å². The molecule has 0 aromatic carbocycles. The quantitative estimate of drug-likeness (QED) is 0.893. The van der Waals surface area contributed by atoms with Crippen LogP contribution in [0.3, 0.4) is 0 Å². The molecule has 4 heteroatoms. The summed E-state index contributed by atoms with van der Waals surface area (Å²) in [6.45, 7) is 4.36. The van der Waals surface area contributed by atoms with Gasteiger partial charge in [0, 0.05) is 31.9 Å². The summed E-state index contributed by atoms with van der Waals surface area (Å²) in [5, 5.41) is 0. The molecular weight excluding hydrogens is 236 g/mol. The van der Waals surface area contributed by atoms with Crippen LogP contribution in [-0.4, -0.2) is 49.2 Å². The zero-order valence-corrected chi connectivity index (χ0v) is 12.3. The fourth-order valence-electron chi connectivity index (χ4n) is 2.76. The van der Waals surface area contributed by atoms with Crippen molar-refractivity contribution in [2.24, 2.45) is 5.73 Å². The van der Waals surface area contributed by atoms with Crippen molar-refractivity contribution in [1.29, 1.82) is 0 Å². The Morgan fingerprint density at radius 1 is 1.53 bits per heavy atom. The van der Waals surface area contributed by atoms with Gasteiger partial charge in [0.05, 0.1) is 0 Å². The molecule has 2 heterocycles. The number of piperidine rings is 1. The largest absolute Gasteiger partial charge is 0.355 e. The molecule has 0 aliphatic carbocycles. The Morgan fingerprint density at radius 3 is 2.89 bits per heavy atom. The van der Waals surface area contributed by atoms with Crippen LogP contribution in [-0.2, 0) is 6.42 Å². The van der Waals surface area contributed by atoms with E-state index in [1.165, 1.54) is 24.9 Å². The molecule has 0 spiro atoms. The first kappa shape index (κ1) is 14.3. The molecule has 1 aromatic heterocycles. The van der Waals surface area contributed by atoms with Gasteiger partial charge in [0.25, 0.3) is 0 Å². The van der Waals surface area contributed by atoms with Crippen molar-refractivity contribution in [3.8, 4) is 0 Å². The Hall–Kier alpha value is -1.13. The molecule has 4 nitrogen and oxygen atoms in total. The zero-order valence-electron chi connectivity index (χ0n) is 12.3. The average molecular weight is 262 g/mol. The van der Waals surface area contributed by atoms with E-state index in [9.17, 15) is 0 Å². The number of pyridine rings is 1. The second kappa shape index (κ2) is 6.35. The molecule has 1 aromatic rings. The molecule has 0 saturated carbocycles. The predicted molar refractivity (Wildman–Crippen MR) is 80.5 cm³/mol. The lowest BCUT2D eigenvalue weighted by molar-refractivity contribution is 0.247. The Bertz CT molecular complexity index is 388. The lowest BCUT2D eigenvalue weighted by Crippen LogP contribution is -2.45. The van der Waals surface area contributed by atoms with E-state index in [1.807, 2.05) is 13.1 Å². The van der Waals surface area contributed by atoms with E-state index in [0.29, 0.717) is 6.04 Å². The Labute approximate surface area is 116 Å². The highest BCUT2D eigenvalue weighted by Gasteiger charge is 2.21. The number of nitrogens with zero attached hydrogens (tertiary/aromatic N) is 3. The number of likely N-dealkylation sites (N-methyl/N-ethyl adjacent to an activating group) is 2. The highest BCUT2D eigenvalue weighted by atomic mass is 15.2. The van der Waals surface area contributed by atoms with Gasteiger partial charge in [-0.25, -0.2) is 4.98 Å². The minimum Gasteiger partial charge on any atom is -0.355 e. The minimum absolute atomic E-state index is 0.192. The Balaban J connectivity index is 2.00. The average Bonchev–Trinajstić information content (AvgIpc) is 2.38. The van der Waals surface area contributed by atoms with Crippen LogP contribution in [0.2, 0.25) is 0 Å². The first-order chi connectivity index (χ1) is 9.06. The number of anilines is 1. The summed E-state index contributed by atoms with van der Waals surface area (Å²) in [6.07, 6.45) is 5.38. The highest BCUT2D eigenvalue weighted by molar-refractivity contribution is 5.40. The van der Waals surface area contributed by atoms with Crippen LogP contribution in [0.5, 0.6) is 0 Å². The van der Waals surface area contributed by atoms with Crippen LogP contribution >= 0.6 is 0 Å². The van der Waals surface area contributed by atoms with Crippen molar-refractivity contribution in [1.82, 2.24) is 9.88 Å². The first-order valence-corrected chi connectivity index (χ1v) is 7.18. The predicted octanol–water partition coefficient (Wildman–Crippen LogP) is 1.50. The molecule has 0 amide bonds. The van der Waals surface area contributed by atoms with Gasteiger partial charge in [-0.05, 0) is 51.4 Å². The number of likely N-dealkylation sites (tertiary alicyclic amines) is 1. The topological polar surface area (TPSA) is 45.4 Å². The number of nitrogens with two attached hydrogens (primary N) is 1. The van der Waals surface area contributed by atoms with Crippen molar-refractivity contribution >= 4 is 5.82 Å². The lowest BCUT2D eigenvalue weighted by atomic mass is 10.0. The maximum atomic E-state index is 5.81. The standard InChI is InChI=1S/C15H26N4/c1-12(16)9-13-6-7-15(17-10-13)19(3)14-5-4-8-18(2)11-14/h6-7,10,12,14H,4-5,8-9,11,16H2,1-3H3. The van der Waals surface area contributed by atoms with Gasteiger partial charge < -0.3 is 15.5 Å². The highest BCUT2D eigenvalue weighted by Crippen LogP contribution is 2.19. The van der Waals surface area contributed by atoms with Crippen LogP contribution in [0.15, 0.2) is 18.3 Å². The maximum Gasteiger partial charge on any atom is 0.128 e. The monoisotopic (exact) mass is 262 g/mol. The van der Waals surface area contributed by atoms with Gasteiger partial charge in [0.15, 0.2) is 0 Å². The maximum absolute atomic E-state index is 5.81. The van der Waals surface area contributed by atoms with E-state index in [2.05, 4.69) is 41.0 Å². The summed E-state index contributed by atoms with van der Waals surface area (Å²) >= 11 is 0. The number of rotatable bonds is 4. The Morgan fingerprint density at radius 2 is 2.32 bits per heavy atom. The van der Waals surface area contributed by atoms with Crippen LogP contribution in [0, 0.1) is 0 Å². The first-order valence-electron chi connectivity index (χ1n) is 7.18. The number of hydrogen-bond donors (Lipinski definition) is 1. The molecule has 1 fully saturated rings. The summed E-state index contributed by atoms with van der Waals surface area (Å²) in [5.41, 5.74) is 7.03. The van der Waals surface area contributed by atoms with Gasteiger partial charge in [0.2, 0.25) is 0 Å². The normalized spacial score (nSPS) is 22.2. The molecule has 1 aliphatic rings. The van der Waals surface area contributed by atoms with E-state index in [-0.39, 0.29) is 6.04 Å². The fraction of sp³-hybridized carbons (Fsp3) is 0.667. The summed E-state index contributed by atoms with van der Waals surface area (Å²) in [7, 11) is 4.34. The zero-order chi connectivity index (χ0) is 13.8. The molecule has 1 saturated heterocycles. The second-order valence-electron chi connectivity index (χ2n) is 5.88. The smallest absolute Gasteiger partial charge is 0.128 e. The van der Waals surface area contributed by atoms with Gasteiger partial charge in [-0.2, -0.15) is 0 Å².